The molecule has 3 aromatic rings. The second kappa shape index (κ2) is 8.99. The number of fused-ring (bicyclic) bond motifs is 1. The Hall–Kier alpha value is -3.40. The number of anilines is 1. The van der Waals surface area contributed by atoms with Crippen LogP contribution in [0.4, 0.5) is 5.69 Å². The van der Waals surface area contributed by atoms with Gasteiger partial charge in [-0.15, -0.1) is 0 Å². The van der Waals surface area contributed by atoms with Gasteiger partial charge in [-0.2, -0.15) is 0 Å². The van der Waals surface area contributed by atoms with Crippen molar-refractivity contribution in [1.29, 1.82) is 0 Å². The summed E-state index contributed by atoms with van der Waals surface area (Å²) in [6.07, 6.45) is 2.77. The molecule has 1 saturated heterocycles. The third kappa shape index (κ3) is 4.59. The number of nitrogens with one attached hydrogen (secondary N) is 1. The number of carbonyl (C=O) groups is 2. The van der Waals surface area contributed by atoms with E-state index >= 15 is 0 Å². The summed E-state index contributed by atoms with van der Waals surface area (Å²) in [6.45, 7) is 2.93. The first-order valence-electron chi connectivity index (χ1n) is 10.4. The van der Waals surface area contributed by atoms with Gasteiger partial charge in [0.25, 0.3) is 5.91 Å². The second-order valence-corrected chi connectivity index (χ2v) is 9.59. The highest BCUT2D eigenvalue weighted by molar-refractivity contribution is 7.90. The maximum absolute atomic E-state index is 12.6. The van der Waals surface area contributed by atoms with E-state index in [1.165, 1.54) is 4.40 Å². The van der Waals surface area contributed by atoms with Crippen LogP contribution in [0.15, 0.2) is 59.9 Å². The standard InChI is InChI=1S/C22H25N5O4S/c1-32(30,31)22-24-20(18-9-5-6-12-27(18)22)21(29)23-11-10-19(28)26-15-13-25(14-16-26)17-7-3-2-4-8-17/h2-9,12H,10-11,13-16H2,1H3,(H,23,29). The molecule has 4 rings (SSSR count). The van der Waals surface area contributed by atoms with Crippen LogP contribution in [0.2, 0.25) is 0 Å². The normalized spacial score (nSPS) is 14.5. The molecule has 1 aliphatic heterocycles. The Balaban J connectivity index is 1.32. The molecule has 32 heavy (non-hydrogen) atoms. The SMILES string of the molecule is CS(=O)(=O)c1nc(C(=O)NCCC(=O)N2CCN(c3ccccc3)CC2)c2ccccn12. The molecular weight excluding hydrogens is 430 g/mol. The Morgan fingerprint density at radius 2 is 1.69 bits per heavy atom. The maximum Gasteiger partial charge on any atom is 0.272 e. The van der Waals surface area contributed by atoms with Crippen molar-refractivity contribution in [3.8, 4) is 0 Å². The first-order valence-corrected chi connectivity index (χ1v) is 12.3. The monoisotopic (exact) mass is 455 g/mol. The third-order valence-corrected chi connectivity index (χ3v) is 6.39. The van der Waals surface area contributed by atoms with Gasteiger partial charge in [0.1, 0.15) is 0 Å². The summed E-state index contributed by atoms with van der Waals surface area (Å²) in [5.74, 6) is -0.533. The number of carbonyl (C=O) groups excluding carboxylic acids is 2. The highest BCUT2D eigenvalue weighted by atomic mass is 32.2. The molecule has 1 fully saturated rings. The number of para-hydroxylation sites is 1. The Morgan fingerprint density at radius 3 is 2.38 bits per heavy atom. The summed E-state index contributed by atoms with van der Waals surface area (Å²) in [5.41, 5.74) is 1.57. The predicted molar refractivity (Wildman–Crippen MR) is 120 cm³/mol. The Labute approximate surface area is 186 Å². The highest BCUT2D eigenvalue weighted by Crippen LogP contribution is 2.17. The number of benzene rings is 1. The average Bonchev–Trinajstić information content (AvgIpc) is 3.20. The summed E-state index contributed by atoms with van der Waals surface area (Å²) in [4.78, 5) is 33.3. The number of piperazine rings is 1. The molecule has 2 amide bonds. The molecule has 0 radical (unpaired) electrons. The van der Waals surface area contributed by atoms with Crippen LogP contribution in [0, 0.1) is 0 Å². The lowest BCUT2D eigenvalue weighted by Crippen LogP contribution is -2.49. The molecule has 0 bridgehead atoms. The zero-order valence-electron chi connectivity index (χ0n) is 17.8. The molecule has 3 heterocycles. The molecule has 0 spiro atoms. The van der Waals surface area contributed by atoms with Gasteiger partial charge in [0, 0.05) is 57.3 Å². The van der Waals surface area contributed by atoms with Crippen LogP contribution in [0.5, 0.6) is 0 Å². The molecular formula is C22H25N5O4S. The van der Waals surface area contributed by atoms with E-state index in [1.54, 1.807) is 29.3 Å². The van der Waals surface area contributed by atoms with Crippen molar-refractivity contribution in [2.45, 2.75) is 11.6 Å². The topological polar surface area (TPSA) is 104 Å². The maximum atomic E-state index is 12.6. The van der Waals surface area contributed by atoms with Crippen molar-refractivity contribution >= 4 is 32.9 Å². The van der Waals surface area contributed by atoms with Gasteiger partial charge >= 0.3 is 0 Å². The molecule has 1 N–H and O–H groups in total. The number of hydrogen-bond acceptors (Lipinski definition) is 6. The van der Waals surface area contributed by atoms with E-state index in [2.05, 4.69) is 27.3 Å². The van der Waals surface area contributed by atoms with E-state index in [4.69, 9.17) is 0 Å². The Kier molecular flexibility index (Phi) is 6.13. The minimum Gasteiger partial charge on any atom is -0.368 e. The van der Waals surface area contributed by atoms with Crippen LogP contribution >= 0.6 is 0 Å². The lowest BCUT2D eigenvalue weighted by molar-refractivity contribution is -0.131. The van der Waals surface area contributed by atoms with Crippen molar-refractivity contribution < 1.29 is 18.0 Å². The largest absolute Gasteiger partial charge is 0.368 e. The zero-order chi connectivity index (χ0) is 22.7. The van der Waals surface area contributed by atoms with Crippen LogP contribution in [0.25, 0.3) is 5.52 Å². The molecule has 0 atom stereocenters. The highest BCUT2D eigenvalue weighted by Gasteiger charge is 2.24. The number of imidazole rings is 1. The van der Waals surface area contributed by atoms with Gasteiger partial charge in [0.05, 0.1) is 5.52 Å². The molecule has 1 aliphatic rings. The summed E-state index contributed by atoms with van der Waals surface area (Å²) in [6, 6.07) is 15.1. The van der Waals surface area contributed by atoms with E-state index in [1.807, 2.05) is 18.2 Å². The smallest absolute Gasteiger partial charge is 0.272 e. The molecule has 10 heteroatoms. The Morgan fingerprint density at radius 1 is 1.00 bits per heavy atom. The molecule has 0 aliphatic carbocycles. The molecule has 9 nitrogen and oxygen atoms in total. The Bertz CT molecular complexity index is 1230. The first-order chi connectivity index (χ1) is 15.3. The third-order valence-electron chi connectivity index (χ3n) is 5.44. The van der Waals surface area contributed by atoms with Gasteiger partial charge < -0.3 is 15.1 Å². The summed E-state index contributed by atoms with van der Waals surface area (Å²) in [7, 11) is -3.61. The number of pyridine rings is 1. The van der Waals surface area contributed by atoms with Crippen molar-refractivity contribution in [2.75, 3.05) is 43.9 Å². The van der Waals surface area contributed by atoms with Crippen LogP contribution in [0.1, 0.15) is 16.9 Å². The average molecular weight is 456 g/mol. The van der Waals surface area contributed by atoms with Gasteiger partial charge in [0.2, 0.25) is 20.9 Å². The fourth-order valence-electron chi connectivity index (χ4n) is 3.82. The van der Waals surface area contributed by atoms with E-state index in [0.717, 1.165) is 25.0 Å². The van der Waals surface area contributed by atoms with Crippen molar-refractivity contribution in [2.24, 2.45) is 0 Å². The summed E-state index contributed by atoms with van der Waals surface area (Å²) >= 11 is 0. The lowest BCUT2D eigenvalue weighted by Gasteiger charge is -2.36. The first kappa shape index (κ1) is 21.8. The van der Waals surface area contributed by atoms with Gasteiger partial charge in [0.15, 0.2) is 5.69 Å². The summed E-state index contributed by atoms with van der Waals surface area (Å²) < 4.78 is 25.4. The predicted octanol–water partition coefficient (Wildman–Crippen LogP) is 1.21. The lowest BCUT2D eigenvalue weighted by atomic mass is 10.2. The number of hydrogen-bond donors (Lipinski definition) is 1. The van der Waals surface area contributed by atoms with Crippen LogP contribution in [-0.2, 0) is 14.6 Å². The minimum atomic E-state index is -3.61. The number of aromatic nitrogens is 2. The van der Waals surface area contributed by atoms with Crippen LogP contribution in [-0.4, -0.2) is 73.5 Å². The summed E-state index contributed by atoms with van der Waals surface area (Å²) in [5, 5.41) is 2.50. The van der Waals surface area contributed by atoms with Gasteiger partial charge in [-0.1, -0.05) is 24.3 Å². The second-order valence-electron chi connectivity index (χ2n) is 7.68. The molecule has 2 aromatic heterocycles. The molecule has 168 valence electrons. The number of sulfone groups is 1. The fraction of sp³-hybridized carbons (Fsp3) is 0.318. The fourth-order valence-corrected chi connectivity index (χ4v) is 4.59. The molecule has 1 aromatic carbocycles. The van der Waals surface area contributed by atoms with E-state index in [9.17, 15) is 18.0 Å². The van der Waals surface area contributed by atoms with Crippen LogP contribution in [0.3, 0.4) is 0 Å². The van der Waals surface area contributed by atoms with Crippen molar-refractivity contribution in [3.05, 3.63) is 60.4 Å². The van der Waals surface area contributed by atoms with E-state index < -0.39 is 15.7 Å². The minimum absolute atomic E-state index is 0.0231. The molecule has 0 saturated carbocycles. The van der Waals surface area contributed by atoms with Crippen molar-refractivity contribution in [3.63, 3.8) is 0 Å². The van der Waals surface area contributed by atoms with Gasteiger partial charge in [-0.25, -0.2) is 13.4 Å². The van der Waals surface area contributed by atoms with Crippen LogP contribution < -0.4 is 10.2 Å². The van der Waals surface area contributed by atoms with Crippen molar-refractivity contribution in [1.82, 2.24) is 19.6 Å². The quantitative estimate of drug-likeness (QED) is 0.599. The number of amides is 2. The van der Waals surface area contributed by atoms with Gasteiger partial charge in [-0.05, 0) is 24.3 Å². The van der Waals surface area contributed by atoms with Gasteiger partial charge in [-0.3, -0.25) is 14.0 Å². The zero-order valence-corrected chi connectivity index (χ0v) is 18.6. The molecule has 0 unspecified atom stereocenters. The number of rotatable bonds is 6. The van der Waals surface area contributed by atoms with E-state index in [0.29, 0.717) is 18.6 Å². The van der Waals surface area contributed by atoms with E-state index in [-0.39, 0.29) is 29.7 Å². The number of nitrogens with zero attached hydrogens (tertiary/aromatic N) is 4.